The van der Waals surface area contributed by atoms with Crippen LogP contribution in [0.1, 0.15) is 111 Å². The van der Waals surface area contributed by atoms with Gasteiger partial charge in [-0.3, -0.25) is 0 Å². The smallest absolute Gasteiger partial charge is 0.206 e. The Kier molecular flexibility index (Phi) is 15.3. The molecule has 324 valence electrons. The highest BCUT2D eigenvalue weighted by atomic mass is 16.5. The summed E-state index contributed by atoms with van der Waals surface area (Å²) in [5.74, 6) is 12.2. The minimum absolute atomic E-state index is 0.242. The number of fused-ring (bicyclic) bond motifs is 2. The zero-order valence-electron chi connectivity index (χ0n) is 38.3. The summed E-state index contributed by atoms with van der Waals surface area (Å²) in [6.45, 7) is 24.0. The SMILES string of the molecule is C#CC#COc1cc2c(cc1OC#CC#C)C(C)(C)/C(=C/C=C1\CCC/C(=C\C=C3/N(CC)c4cc(OCCCC)c(OCCCC)cc4C3(C)C)C1=[N+]1CCOCC1)N2CC. The molecule has 0 aromatic heterocycles. The topological polar surface area (TPSA) is 55.6 Å². The molecule has 2 aromatic carbocycles. The molecule has 0 unspecified atom stereocenters. The van der Waals surface area contributed by atoms with Crippen LogP contribution in [0.3, 0.4) is 0 Å². The summed E-state index contributed by atoms with van der Waals surface area (Å²) in [5.41, 5.74) is 10.4. The second-order valence-electron chi connectivity index (χ2n) is 17.0. The number of anilines is 2. The van der Waals surface area contributed by atoms with Gasteiger partial charge in [0.1, 0.15) is 25.4 Å². The molecule has 0 amide bonds. The molecule has 8 nitrogen and oxygen atoms in total. The van der Waals surface area contributed by atoms with Crippen LogP contribution in [0.5, 0.6) is 23.0 Å². The van der Waals surface area contributed by atoms with Gasteiger partial charge >= 0.3 is 0 Å². The fourth-order valence-electron chi connectivity index (χ4n) is 9.08. The summed E-state index contributed by atoms with van der Waals surface area (Å²) in [4.78, 5) is 4.80. The monoisotopic (exact) mass is 834 g/mol. The zero-order chi connectivity index (χ0) is 44.3. The van der Waals surface area contributed by atoms with Crippen LogP contribution in [0.4, 0.5) is 11.4 Å². The molecule has 0 radical (unpaired) electrons. The van der Waals surface area contributed by atoms with Crippen molar-refractivity contribution in [2.45, 2.75) is 111 Å². The van der Waals surface area contributed by atoms with Crippen molar-refractivity contribution in [3.05, 3.63) is 82.2 Å². The van der Waals surface area contributed by atoms with E-state index in [4.69, 9.17) is 36.5 Å². The molecule has 1 aliphatic carbocycles. The van der Waals surface area contributed by atoms with Crippen LogP contribution >= 0.6 is 0 Å². The summed E-state index contributed by atoms with van der Waals surface area (Å²) in [6.07, 6.45) is 32.6. The van der Waals surface area contributed by atoms with Crippen molar-refractivity contribution in [3.8, 4) is 71.7 Å². The molecular formula is C54H64N3O5+. The molecule has 62 heavy (non-hydrogen) atoms. The number of ether oxygens (including phenoxy) is 5. The zero-order valence-corrected chi connectivity index (χ0v) is 38.3. The molecule has 8 heteroatoms. The highest BCUT2D eigenvalue weighted by Gasteiger charge is 2.42. The van der Waals surface area contributed by atoms with Gasteiger partial charge in [-0.1, -0.05) is 66.5 Å². The van der Waals surface area contributed by atoms with Gasteiger partial charge in [-0.15, -0.1) is 12.8 Å². The Hall–Kier alpha value is -5.93. The molecule has 0 atom stereocenters. The van der Waals surface area contributed by atoms with Crippen molar-refractivity contribution in [2.24, 2.45) is 0 Å². The van der Waals surface area contributed by atoms with Crippen molar-refractivity contribution in [1.82, 2.24) is 0 Å². The van der Waals surface area contributed by atoms with Gasteiger partial charge in [0.05, 0.1) is 13.2 Å². The standard InChI is InChI=1S/C54H64N3O5/c1-11-17-30-59-46-36-42-44(38-48(46)61-32-19-13-3)56(15-5)50(53(42,7)8)26-24-40-22-21-23-41(52(40)55-28-34-58-35-29-55)25-27-51-54(9,10)43-37-47(60-31-18-12-2)49(62-33-20-14-4)39-45(43)57(51)16-6/h1,3,24-27,36-39H,12,14-16,18,20-23,28-29,31,33-35H2,2,4-10H3/q+1. The van der Waals surface area contributed by atoms with Gasteiger partial charge in [-0.05, 0) is 93.2 Å². The lowest BCUT2D eigenvalue weighted by atomic mass is 9.82. The van der Waals surface area contributed by atoms with Crippen LogP contribution in [0.15, 0.2) is 71.1 Å². The Morgan fingerprint density at radius 3 is 1.58 bits per heavy atom. The Labute approximate surface area is 371 Å². The number of terminal acetylenes is 2. The maximum absolute atomic E-state index is 6.39. The second-order valence-corrected chi connectivity index (χ2v) is 17.0. The van der Waals surface area contributed by atoms with E-state index in [0.717, 1.165) is 93.9 Å². The molecule has 1 saturated carbocycles. The first-order valence-corrected chi connectivity index (χ1v) is 22.5. The van der Waals surface area contributed by atoms with Crippen molar-refractivity contribution >= 4 is 17.1 Å². The molecule has 0 bridgehead atoms. The largest absolute Gasteiger partial charge is 0.490 e. The molecular weight excluding hydrogens is 771 g/mol. The fourth-order valence-corrected chi connectivity index (χ4v) is 9.08. The first-order chi connectivity index (χ1) is 30.0. The molecule has 3 aliphatic heterocycles. The molecule has 0 N–H and O–H groups in total. The summed E-state index contributed by atoms with van der Waals surface area (Å²) in [5, 5.41) is 0. The van der Waals surface area contributed by atoms with Crippen LogP contribution in [-0.4, -0.2) is 62.9 Å². The van der Waals surface area contributed by atoms with E-state index in [1.54, 1.807) is 0 Å². The van der Waals surface area contributed by atoms with Gasteiger partial charge in [-0.2, -0.15) is 0 Å². The van der Waals surface area contributed by atoms with Crippen LogP contribution < -0.4 is 28.7 Å². The van der Waals surface area contributed by atoms with Gasteiger partial charge in [0.25, 0.3) is 0 Å². The first-order valence-electron chi connectivity index (χ1n) is 22.5. The fraction of sp³-hybridized carbons (Fsp3) is 0.463. The molecule has 2 aromatic rings. The lowest BCUT2D eigenvalue weighted by Gasteiger charge is -2.27. The Bertz CT molecular complexity index is 2360. The minimum atomic E-state index is -0.367. The molecule has 1 saturated heterocycles. The van der Waals surface area contributed by atoms with E-state index in [1.165, 1.54) is 39.5 Å². The number of likely N-dealkylation sites (N-methyl/N-ethyl adjacent to an activating group) is 2. The number of morpholine rings is 1. The van der Waals surface area contributed by atoms with Crippen LogP contribution in [-0.2, 0) is 15.6 Å². The summed E-state index contributed by atoms with van der Waals surface area (Å²) in [7, 11) is 0. The second kappa shape index (κ2) is 20.8. The van der Waals surface area contributed by atoms with Gasteiger partial charge in [0, 0.05) is 81.8 Å². The van der Waals surface area contributed by atoms with Crippen molar-refractivity contribution in [2.75, 3.05) is 62.4 Å². The van der Waals surface area contributed by atoms with Crippen molar-refractivity contribution < 1.29 is 28.3 Å². The van der Waals surface area contributed by atoms with E-state index in [0.29, 0.717) is 37.9 Å². The quantitative estimate of drug-likeness (QED) is 0.107. The number of nitrogens with zero attached hydrogens (tertiary/aromatic N) is 3. The van der Waals surface area contributed by atoms with Crippen molar-refractivity contribution in [3.63, 3.8) is 0 Å². The molecule has 4 aliphatic rings. The molecule has 2 fully saturated rings. The highest BCUT2D eigenvalue weighted by Crippen LogP contribution is 2.53. The number of hydrogen-bond donors (Lipinski definition) is 0. The van der Waals surface area contributed by atoms with E-state index in [2.05, 4.69) is 142 Å². The number of benzene rings is 2. The Morgan fingerprint density at radius 2 is 1.11 bits per heavy atom. The van der Waals surface area contributed by atoms with E-state index >= 15 is 0 Å². The Balaban J connectivity index is 1.40. The van der Waals surface area contributed by atoms with Crippen LogP contribution in [0.2, 0.25) is 0 Å². The first kappa shape index (κ1) is 45.6. The third kappa shape index (κ3) is 9.58. The lowest BCUT2D eigenvalue weighted by molar-refractivity contribution is -0.548. The van der Waals surface area contributed by atoms with E-state index in [1.807, 2.05) is 12.1 Å². The highest BCUT2D eigenvalue weighted by molar-refractivity contribution is 6.10. The molecule has 3 heterocycles. The normalized spacial score (nSPS) is 19.9. The van der Waals surface area contributed by atoms with Crippen LogP contribution in [0, 0.1) is 48.7 Å². The summed E-state index contributed by atoms with van der Waals surface area (Å²) >= 11 is 0. The maximum atomic E-state index is 6.39. The third-order valence-electron chi connectivity index (χ3n) is 12.3. The maximum Gasteiger partial charge on any atom is 0.206 e. The number of unbranched alkanes of at least 4 members (excludes halogenated alkanes) is 2. The van der Waals surface area contributed by atoms with Gasteiger partial charge in [0.2, 0.25) is 5.71 Å². The lowest BCUT2D eigenvalue weighted by Crippen LogP contribution is -2.36. The average Bonchev–Trinajstić information content (AvgIpc) is 3.61. The van der Waals surface area contributed by atoms with E-state index < -0.39 is 0 Å². The minimum Gasteiger partial charge on any atom is -0.490 e. The predicted molar refractivity (Wildman–Crippen MR) is 252 cm³/mol. The van der Waals surface area contributed by atoms with E-state index in [9.17, 15) is 0 Å². The third-order valence-corrected chi connectivity index (χ3v) is 12.3. The van der Waals surface area contributed by atoms with Gasteiger partial charge in [0.15, 0.2) is 36.1 Å². The average molecular weight is 835 g/mol. The number of hydrogen-bond acceptors (Lipinski definition) is 7. The number of allylic oxidation sites excluding steroid dienone is 8. The van der Waals surface area contributed by atoms with Crippen LogP contribution in [0.25, 0.3) is 0 Å². The van der Waals surface area contributed by atoms with Gasteiger partial charge in [-0.25, -0.2) is 4.58 Å². The van der Waals surface area contributed by atoms with E-state index in [-0.39, 0.29) is 10.8 Å². The Morgan fingerprint density at radius 1 is 0.661 bits per heavy atom. The number of rotatable bonds is 14. The predicted octanol–water partition coefficient (Wildman–Crippen LogP) is 10.2. The summed E-state index contributed by atoms with van der Waals surface area (Å²) in [6, 6.07) is 8.40. The molecule has 0 spiro atoms. The van der Waals surface area contributed by atoms with Gasteiger partial charge < -0.3 is 33.5 Å². The van der Waals surface area contributed by atoms with Crippen molar-refractivity contribution in [1.29, 1.82) is 0 Å². The molecule has 6 rings (SSSR count). The summed E-state index contributed by atoms with van der Waals surface area (Å²) < 4.78 is 32.8.